The van der Waals surface area contributed by atoms with Crippen molar-refractivity contribution in [2.24, 2.45) is 11.3 Å². The predicted molar refractivity (Wildman–Crippen MR) is 45.9 cm³/mol. The van der Waals surface area contributed by atoms with E-state index in [4.69, 9.17) is 4.74 Å². The molecule has 1 aliphatic carbocycles. The van der Waals surface area contributed by atoms with Gasteiger partial charge in [0.05, 0.1) is 11.5 Å². The summed E-state index contributed by atoms with van der Waals surface area (Å²) in [6.07, 6.45) is 1.82. The highest BCUT2D eigenvalue weighted by Crippen LogP contribution is 2.54. The molecule has 2 nitrogen and oxygen atoms in total. The lowest BCUT2D eigenvalue weighted by atomic mass is 9.52. The first kappa shape index (κ1) is 8.24. The summed E-state index contributed by atoms with van der Waals surface area (Å²) in [5.41, 5.74) is 0.0289. The summed E-state index contributed by atoms with van der Waals surface area (Å²) in [6, 6.07) is 0. The van der Waals surface area contributed by atoms with Gasteiger partial charge in [-0.2, -0.15) is 0 Å². The number of ether oxygens (including phenoxy) is 1. The summed E-state index contributed by atoms with van der Waals surface area (Å²) in [6.45, 7) is 7.09. The van der Waals surface area contributed by atoms with Gasteiger partial charge in [-0.1, -0.05) is 6.92 Å². The van der Waals surface area contributed by atoms with E-state index in [0.717, 1.165) is 19.4 Å². The van der Waals surface area contributed by atoms with Crippen LogP contribution in [0, 0.1) is 11.3 Å². The third kappa shape index (κ3) is 0.875. The SMILES string of the molecule is CC1(C)OCC[C@@]2(C)CC(=O)[C@@H]12. The first-order valence-corrected chi connectivity index (χ1v) is 4.62. The molecule has 1 saturated carbocycles. The summed E-state index contributed by atoms with van der Waals surface area (Å²) >= 11 is 0. The molecule has 2 aliphatic rings. The van der Waals surface area contributed by atoms with E-state index in [0.29, 0.717) is 5.78 Å². The Morgan fingerprint density at radius 1 is 1.42 bits per heavy atom. The standard InChI is InChI=1S/C10H16O2/c1-9(2)8-7(11)6-10(8,3)4-5-12-9/h8H,4-6H2,1-3H3/t8-,10-/m0/s1. The number of rotatable bonds is 0. The van der Waals surface area contributed by atoms with E-state index in [1.165, 1.54) is 0 Å². The molecule has 0 radical (unpaired) electrons. The van der Waals surface area contributed by atoms with Crippen molar-refractivity contribution in [3.05, 3.63) is 0 Å². The highest BCUT2D eigenvalue weighted by atomic mass is 16.5. The quantitative estimate of drug-likeness (QED) is 0.551. The van der Waals surface area contributed by atoms with Crippen LogP contribution >= 0.6 is 0 Å². The van der Waals surface area contributed by atoms with Crippen molar-refractivity contribution >= 4 is 5.78 Å². The lowest BCUT2D eigenvalue weighted by molar-refractivity contribution is -0.196. The first-order chi connectivity index (χ1) is 5.46. The van der Waals surface area contributed by atoms with Gasteiger partial charge in [-0.05, 0) is 25.7 Å². The van der Waals surface area contributed by atoms with Crippen LogP contribution in [0.15, 0.2) is 0 Å². The van der Waals surface area contributed by atoms with Crippen molar-refractivity contribution in [1.29, 1.82) is 0 Å². The van der Waals surface area contributed by atoms with Crippen LogP contribution in [-0.4, -0.2) is 18.0 Å². The molecule has 0 N–H and O–H groups in total. The predicted octanol–water partition coefficient (Wildman–Crippen LogP) is 1.78. The minimum Gasteiger partial charge on any atom is -0.375 e. The molecule has 2 fully saturated rings. The minimum absolute atomic E-state index is 0.152. The first-order valence-electron chi connectivity index (χ1n) is 4.62. The fraction of sp³-hybridized carbons (Fsp3) is 0.900. The van der Waals surface area contributed by atoms with Crippen LogP contribution in [-0.2, 0) is 9.53 Å². The molecule has 1 heterocycles. The van der Waals surface area contributed by atoms with Crippen LogP contribution < -0.4 is 0 Å². The molecule has 0 aromatic heterocycles. The molecule has 0 amide bonds. The Hall–Kier alpha value is -0.370. The van der Waals surface area contributed by atoms with Gasteiger partial charge in [0.25, 0.3) is 0 Å². The fourth-order valence-corrected chi connectivity index (χ4v) is 2.95. The van der Waals surface area contributed by atoms with Crippen LogP contribution in [0.5, 0.6) is 0 Å². The zero-order valence-corrected chi connectivity index (χ0v) is 8.02. The topological polar surface area (TPSA) is 26.3 Å². The summed E-state index contributed by atoms with van der Waals surface area (Å²) in [4.78, 5) is 11.4. The maximum Gasteiger partial charge on any atom is 0.139 e. The molecule has 68 valence electrons. The number of carbonyl (C=O) groups is 1. The Balaban J connectivity index is 2.28. The van der Waals surface area contributed by atoms with E-state index < -0.39 is 0 Å². The molecular weight excluding hydrogens is 152 g/mol. The van der Waals surface area contributed by atoms with E-state index in [2.05, 4.69) is 6.92 Å². The van der Waals surface area contributed by atoms with Gasteiger partial charge in [-0.25, -0.2) is 0 Å². The van der Waals surface area contributed by atoms with Crippen LogP contribution in [0.2, 0.25) is 0 Å². The van der Waals surface area contributed by atoms with Gasteiger partial charge < -0.3 is 4.74 Å². The molecule has 2 atom stereocenters. The van der Waals surface area contributed by atoms with Crippen molar-refractivity contribution in [3.63, 3.8) is 0 Å². The monoisotopic (exact) mass is 168 g/mol. The van der Waals surface area contributed by atoms with E-state index in [1.54, 1.807) is 0 Å². The molecule has 0 bridgehead atoms. The van der Waals surface area contributed by atoms with Crippen molar-refractivity contribution in [2.45, 2.75) is 39.2 Å². The Labute approximate surface area is 73.3 Å². The normalized spacial score (nSPS) is 44.9. The Kier molecular flexibility index (Phi) is 1.45. The summed E-state index contributed by atoms with van der Waals surface area (Å²) in [7, 11) is 0. The van der Waals surface area contributed by atoms with E-state index in [9.17, 15) is 4.79 Å². The third-order valence-corrected chi connectivity index (χ3v) is 3.44. The maximum absolute atomic E-state index is 11.4. The van der Waals surface area contributed by atoms with Gasteiger partial charge in [0, 0.05) is 13.0 Å². The van der Waals surface area contributed by atoms with Gasteiger partial charge in [-0.3, -0.25) is 4.79 Å². The third-order valence-electron chi connectivity index (χ3n) is 3.44. The van der Waals surface area contributed by atoms with Gasteiger partial charge >= 0.3 is 0 Å². The lowest BCUT2D eigenvalue weighted by Crippen LogP contribution is -2.61. The summed E-state index contributed by atoms with van der Waals surface area (Å²) in [5.74, 6) is 0.543. The Morgan fingerprint density at radius 2 is 2.08 bits per heavy atom. The number of ketones is 1. The second kappa shape index (κ2) is 2.11. The number of hydrogen-bond donors (Lipinski definition) is 0. The van der Waals surface area contributed by atoms with Crippen molar-refractivity contribution in [1.82, 2.24) is 0 Å². The molecule has 2 rings (SSSR count). The molecule has 0 unspecified atom stereocenters. The maximum atomic E-state index is 11.4. The van der Waals surface area contributed by atoms with Crippen LogP contribution in [0.3, 0.4) is 0 Å². The highest BCUT2D eigenvalue weighted by molar-refractivity contribution is 5.90. The Bertz CT molecular complexity index is 220. The highest BCUT2D eigenvalue weighted by Gasteiger charge is 2.59. The average Bonchev–Trinajstić information content (AvgIpc) is 1.81. The number of Topliss-reactive ketones (excluding diaryl/α,β-unsaturated/α-hetero) is 1. The van der Waals surface area contributed by atoms with E-state index in [1.807, 2.05) is 13.8 Å². The number of hydrogen-bond acceptors (Lipinski definition) is 2. The van der Waals surface area contributed by atoms with E-state index in [-0.39, 0.29) is 16.9 Å². The van der Waals surface area contributed by atoms with Crippen molar-refractivity contribution in [2.75, 3.05) is 6.61 Å². The van der Waals surface area contributed by atoms with Crippen LogP contribution in [0.1, 0.15) is 33.6 Å². The van der Waals surface area contributed by atoms with Crippen molar-refractivity contribution < 1.29 is 9.53 Å². The largest absolute Gasteiger partial charge is 0.375 e. The van der Waals surface area contributed by atoms with Gasteiger partial charge in [-0.15, -0.1) is 0 Å². The fourth-order valence-electron chi connectivity index (χ4n) is 2.95. The lowest BCUT2D eigenvalue weighted by Gasteiger charge is -2.56. The molecule has 1 aliphatic heterocycles. The minimum atomic E-state index is -0.220. The number of carbonyl (C=O) groups excluding carboxylic acids is 1. The summed E-state index contributed by atoms with van der Waals surface area (Å²) < 4.78 is 5.61. The molecule has 2 heteroatoms. The van der Waals surface area contributed by atoms with E-state index >= 15 is 0 Å². The molecule has 1 saturated heterocycles. The second-order valence-electron chi connectivity index (χ2n) is 4.93. The second-order valence-corrected chi connectivity index (χ2v) is 4.93. The van der Waals surface area contributed by atoms with Gasteiger partial charge in [0.15, 0.2) is 0 Å². The van der Waals surface area contributed by atoms with Crippen LogP contribution in [0.25, 0.3) is 0 Å². The zero-order chi connectivity index (χ0) is 8.98. The van der Waals surface area contributed by atoms with Gasteiger partial charge in [0.1, 0.15) is 5.78 Å². The number of fused-ring (bicyclic) bond motifs is 1. The molecule has 0 spiro atoms. The zero-order valence-electron chi connectivity index (χ0n) is 8.02. The summed E-state index contributed by atoms with van der Waals surface area (Å²) in [5, 5.41) is 0. The van der Waals surface area contributed by atoms with Gasteiger partial charge in [0.2, 0.25) is 0 Å². The average molecular weight is 168 g/mol. The molecule has 12 heavy (non-hydrogen) atoms. The smallest absolute Gasteiger partial charge is 0.139 e. The Morgan fingerprint density at radius 3 is 2.50 bits per heavy atom. The molecular formula is C10H16O2. The van der Waals surface area contributed by atoms with Crippen LogP contribution in [0.4, 0.5) is 0 Å². The van der Waals surface area contributed by atoms with Crippen molar-refractivity contribution in [3.8, 4) is 0 Å². The molecule has 0 aromatic carbocycles. The molecule has 0 aromatic rings.